The van der Waals surface area contributed by atoms with Gasteiger partial charge in [0.1, 0.15) is 17.9 Å². The Labute approximate surface area is 154 Å². The molecule has 0 saturated heterocycles. The topological polar surface area (TPSA) is 118 Å². The summed E-state index contributed by atoms with van der Waals surface area (Å²) in [7, 11) is 0. The molecule has 0 aliphatic carbocycles. The largest absolute Gasteiger partial charge is 0.426 e. The lowest BCUT2D eigenvalue weighted by molar-refractivity contribution is -0.757. The van der Waals surface area contributed by atoms with E-state index in [0.29, 0.717) is 5.56 Å². The Morgan fingerprint density at radius 2 is 1.88 bits per heavy atom. The third-order valence-corrected chi connectivity index (χ3v) is 2.94. The molecular formula is C16H15ClN2O7. The van der Waals surface area contributed by atoms with Crippen LogP contribution in [0.15, 0.2) is 42.6 Å². The highest BCUT2D eigenvalue weighted by molar-refractivity contribution is 5.94. The first-order valence-electron chi connectivity index (χ1n) is 7.17. The van der Waals surface area contributed by atoms with Gasteiger partial charge < -0.3 is 14.3 Å². The SMILES string of the molecule is CC(=O)Oc1ccccc1C(=O)Oc1ccc(CCO[N+](=O)[O-])cn1.Cl. The molecule has 1 heterocycles. The number of hydrogen-bond acceptors (Lipinski definition) is 8. The highest BCUT2D eigenvalue weighted by atomic mass is 35.5. The van der Waals surface area contributed by atoms with Crippen LogP contribution in [0.3, 0.4) is 0 Å². The molecule has 0 fully saturated rings. The molecule has 0 saturated carbocycles. The van der Waals surface area contributed by atoms with Gasteiger partial charge in [0.2, 0.25) is 5.88 Å². The molecule has 2 aromatic rings. The van der Waals surface area contributed by atoms with Gasteiger partial charge in [-0.2, -0.15) is 0 Å². The van der Waals surface area contributed by atoms with Gasteiger partial charge in [-0.1, -0.05) is 18.2 Å². The van der Waals surface area contributed by atoms with Gasteiger partial charge in [0, 0.05) is 19.2 Å². The quantitative estimate of drug-likeness (QED) is 0.310. The van der Waals surface area contributed by atoms with E-state index in [0.717, 1.165) is 0 Å². The third kappa shape index (κ3) is 6.36. The highest BCUT2D eigenvalue weighted by Gasteiger charge is 2.16. The molecule has 0 amide bonds. The van der Waals surface area contributed by atoms with Crippen molar-refractivity contribution in [2.45, 2.75) is 13.3 Å². The van der Waals surface area contributed by atoms with Gasteiger partial charge in [0.25, 0.3) is 5.09 Å². The summed E-state index contributed by atoms with van der Waals surface area (Å²) in [6.07, 6.45) is 1.71. The summed E-state index contributed by atoms with van der Waals surface area (Å²) in [6.45, 7) is 1.13. The third-order valence-electron chi connectivity index (χ3n) is 2.94. The van der Waals surface area contributed by atoms with Gasteiger partial charge in [0.15, 0.2) is 0 Å². The zero-order chi connectivity index (χ0) is 18.2. The Morgan fingerprint density at radius 1 is 1.15 bits per heavy atom. The summed E-state index contributed by atoms with van der Waals surface area (Å²) >= 11 is 0. The van der Waals surface area contributed by atoms with Crippen molar-refractivity contribution in [3.05, 3.63) is 63.8 Å². The zero-order valence-electron chi connectivity index (χ0n) is 13.6. The summed E-state index contributed by atoms with van der Waals surface area (Å²) in [4.78, 5) is 41.5. The van der Waals surface area contributed by atoms with E-state index in [1.165, 1.54) is 31.3 Å². The number of pyridine rings is 1. The lowest BCUT2D eigenvalue weighted by Crippen LogP contribution is -2.13. The van der Waals surface area contributed by atoms with Crippen molar-refractivity contribution in [3.63, 3.8) is 0 Å². The van der Waals surface area contributed by atoms with E-state index in [-0.39, 0.29) is 42.6 Å². The number of nitrogens with zero attached hydrogens (tertiary/aromatic N) is 2. The first-order chi connectivity index (χ1) is 12.0. The van der Waals surface area contributed by atoms with Crippen molar-refractivity contribution in [2.24, 2.45) is 0 Å². The molecule has 0 aliphatic rings. The molecule has 0 unspecified atom stereocenters. The van der Waals surface area contributed by atoms with Crippen LogP contribution in [0.1, 0.15) is 22.8 Å². The Hall–Kier alpha value is -3.20. The van der Waals surface area contributed by atoms with E-state index in [4.69, 9.17) is 9.47 Å². The van der Waals surface area contributed by atoms with Gasteiger partial charge in [-0.15, -0.1) is 22.5 Å². The van der Waals surface area contributed by atoms with Gasteiger partial charge in [-0.25, -0.2) is 9.78 Å². The monoisotopic (exact) mass is 382 g/mol. The van der Waals surface area contributed by atoms with Crippen LogP contribution in [-0.4, -0.2) is 28.6 Å². The Balaban J connectivity index is 0.00000338. The van der Waals surface area contributed by atoms with Gasteiger partial charge in [0.05, 0.1) is 0 Å². The summed E-state index contributed by atoms with van der Waals surface area (Å²) in [5, 5.41) is 9.20. The number of rotatable bonds is 7. The molecule has 10 heteroatoms. The predicted octanol–water partition coefficient (Wildman–Crippen LogP) is 2.40. The van der Waals surface area contributed by atoms with Crippen LogP contribution in [0.2, 0.25) is 0 Å². The second-order valence-corrected chi connectivity index (χ2v) is 4.79. The second kappa shape index (κ2) is 9.94. The van der Waals surface area contributed by atoms with Crippen molar-refractivity contribution in [1.82, 2.24) is 4.98 Å². The van der Waals surface area contributed by atoms with E-state index in [2.05, 4.69) is 9.82 Å². The van der Waals surface area contributed by atoms with Crippen molar-refractivity contribution < 1.29 is 29.0 Å². The lowest BCUT2D eigenvalue weighted by atomic mass is 10.2. The number of aromatic nitrogens is 1. The fraction of sp³-hybridized carbons (Fsp3) is 0.188. The van der Waals surface area contributed by atoms with Crippen molar-refractivity contribution in [2.75, 3.05) is 6.61 Å². The minimum absolute atomic E-state index is 0. The van der Waals surface area contributed by atoms with Crippen molar-refractivity contribution in [1.29, 1.82) is 0 Å². The standard InChI is InChI=1S/C16H14N2O7.ClH/c1-11(19)24-14-5-3-2-4-13(14)16(20)25-15-7-6-12(10-17-15)8-9-23-18(21)22;/h2-7,10H,8-9H2,1H3;1H. The van der Waals surface area contributed by atoms with Gasteiger partial charge >= 0.3 is 11.9 Å². The maximum absolute atomic E-state index is 12.2. The summed E-state index contributed by atoms with van der Waals surface area (Å²) in [6, 6.07) is 9.23. The number of halogens is 1. The number of hydrogen-bond donors (Lipinski definition) is 0. The molecule has 26 heavy (non-hydrogen) atoms. The molecule has 0 radical (unpaired) electrons. The first-order valence-corrected chi connectivity index (χ1v) is 7.17. The van der Waals surface area contributed by atoms with E-state index >= 15 is 0 Å². The molecule has 138 valence electrons. The van der Waals surface area contributed by atoms with E-state index in [1.54, 1.807) is 18.2 Å². The number of carbonyl (C=O) groups is 2. The maximum Gasteiger partial charge on any atom is 0.348 e. The summed E-state index contributed by atoms with van der Waals surface area (Å²) in [5.74, 6) is -1.15. The Morgan fingerprint density at radius 3 is 2.50 bits per heavy atom. The minimum atomic E-state index is -0.871. The van der Waals surface area contributed by atoms with Crippen LogP contribution >= 0.6 is 12.4 Å². The van der Waals surface area contributed by atoms with Gasteiger partial charge in [-0.05, 0) is 24.1 Å². The van der Waals surface area contributed by atoms with Crippen LogP contribution in [-0.2, 0) is 16.1 Å². The average molecular weight is 383 g/mol. The van der Waals surface area contributed by atoms with Crippen LogP contribution in [0.25, 0.3) is 0 Å². The molecule has 1 aromatic carbocycles. The number of para-hydroxylation sites is 1. The molecule has 0 N–H and O–H groups in total. The second-order valence-electron chi connectivity index (χ2n) is 4.79. The molecular weight excluding hydrogens is 368 g/mol. The lowest BCUT2D eigenvalue weighted by Gasteiger charge is -2.08. The predicted molar refractivity (Wildman–Crippen MR) is 90.8 cm³/mol. The Bertz CT molecular complexity index is 780. The fourth-order valence-electron chi connectivity index (χ4n) is 1.89. The molecule has 0 spiro atoms. The summed E-state index contributed by atoms with van der Waals surface area (Å²) in [5.41, 5.74) is 0.768. The number of esters is 2. The first kappa shape index (κ1) is 20.8. The molecule has 0 aliphatic heterocycles. The zero-order valence-corrected chi connectivity index (χ0v) is 14.4. The normalized spacial score (nSPS) is 9.58. The van der Waals surface area contributed by atoms with Crippen molar-refractivity contribution >= 4 is 24.3 Å². The highest BCUT2D eigenvalue weighted by Crippen LogP contribution is 2.20. The number of benzene rings is 1. The summed E-state index contributed by atoms with van der Waals surface area (Å²) < 4.78 is 10.1. The molecule has 0 bridgehead atoms. The smallest absolute Gasteiger partial charge is 0.348 e. The average Bonchev–Trinajstić information content (AvgIpc) is 2.56. The van der Waals surface area contributed by atoms with E-state index in [1.807, 2.05) is 0 Å². The maximum atomic E-state index is 12.2. The number of carbonyl (C=O) groups excluding carboxylic acids is 2. The molecule has 9 nitrogen and oxygen atoms in total. The fourth-order valence-corrected chi connectivity index (χ4v) is 1.89. The van der Waals surface area contributed by atoms with Gasteiger partial charge in [-0.3, -0.25) is 4.79 Å². The molecule has 2 rings (SSSR count). The molecule has 1 aromatic heterocycles. The van der Waals surface area contributed by atoms with Crippen LogP contribution in [0, 0.1) is 10.1 Å². The minimum Gasteiger partial charge on any atom is -0.426 e. The van der Waals surface area contributed by atoms with E-state index in [9.17, 15) is 19.7 Å². The van der Waals surface area contributed by atoms with Crippen LogP contribution in [0.4, 0.5) is 0 Å². The number of ether oxygens (including phenoxy) is 2. The van der Waals surface area contributed by atoms with Crippen LogP contribution < -0.4 is 9.47 Å². The van der Waals surface area contributed by atoms with Crippen LogP contribution in [0.5, 0.6) is 11.6 Å². The molecule has 0 atom stereocenters. The van der Waals surface area contributed by atoms with E-state index < -0.39 is 17.0 Å². The Kier molecular flexibility index (Phi) is 7.97. The van der Waals surface area contributed by atoms with Crippen molar-refractivity contribution in [3.8, 4) is 11.6 Å².